The Morgan fingerprint density at radius 3 is 2.26 bits per heavy atom. The second-order valence-corrected chi connectivity index (χ2v) is 7.26. The van der Waals surface area contributed by atoms with E-state index in [4.69, 9.17) is 0 Å². The summed E-state index contributed by atoms with van der Waals surface area (Å²) < 4.78 is 26.1. The number of benzene rings is 2. The lowest BCUT2D eigenvalue weighted by Crippen LogP contribution is -2.05. The van der Waals surface area contributed by atoms with E-state index in [9.17, 15) is 8.42 Å². The van der Waals surface area contributed by atoms with Gasteiger partial charge < -0.3 is 0 Å². The molecular formula is C15H15BrO2S. The van der Waals surface area contributed by atoms with Gasteiger partial charge in [0.05, 0.1) is 9.79 Å². The number of hydrogen-bond acceptors (Lipinski definition) is 2. The monoisotopic (exact) mass is 338 g/mol. The molecule has 2 aromatic rings. The van der Waals surface area contributed by atoms with Gasteiger partial charge in [0.15, 0.2) is 0 Å². The van der Waals surface area contributed by atoms with Gasteiger partial charge in [-0.2, -0.15) is 0 Å². The lowest BCUT2D eigenvalue weighted by Gasteiger charge is -2.10. The quantitative estimate of drug-likeness (QED) is 0.842. The molecule has 0 amide bonds. The van der Waals surface area contributed by atoms with Crippen LogP contribution < -0.4 is 0 Å². The van der Waals surface area contributed by atoms with E-state index in [0.717, 1.165) is 15.6 Å². The van der Waals surface area contributed by atoms with Gasteiger partial charge in [0.25, 0.3) is 0 Å². The Morgan fingerprint density at radius 1 is 1.05 bits per heavy atom. The smallest absolute Gasteiger partial charge is 0.206 e. The molecule has 0 aliphatic rings. The summed E-state index contributed by atoms with van der Waals surface area (Å²) in [6.45, 7) is 3.94. The average Bonchev–Trinajstić information content (AvgIpc) is 2.38. The first-order valence-corrected chi connectivity index (χ1v) is 8.33. The SMILES string of the molecule is CCc1cc(C)ccc1S(=O)(=O)c1ccc(Br)cc1. The highest BCUT2D eigenvalue weighted by molar-refractivity contribution is 9.10. The number of aryl methyl sites for hydroxylation is 2. The van der Waals surface area contributed by atoms with Crippen LogP contribution in [0.4, 0.5) is 0 Å². The molecule has 0 radical (unpaired) electrons. The van der Waals surface area contributed by atoms with Gasteiger partial charge in [0.2, 0.25) is 9.84 Å². The number of halogens is 1. The van der Waals surface area contributed by atoms with Crippen LogP contribution in [0.1, 0.15) is 18.1 Å². The highest BCUT2D eigenvalue weighted by Gasteiger charge is 2.20. The second kappa shape index (κ2) is 5.47. The molecule has 0 unspecified atom stereocenters. The second-order valence-electron chi connectivity index (χ2n) is 4.42. The van der Waals surface area contributed by atoms with Crippen molar-refractivity contribution >= 4 is 25.8 Å². The summed E-state index contributed by atoms with van der Waals surface area (Å²) in [5, 5.41) is 0. The Bertz CT molecular complexity index is 689. The van der Waals surface area contributed by atoms with Crippen molar-refractivity contribution in [1.29, 1.82) is 0 Å². The molecule has 2 nitrogen and oxygen atoms in total. The maximum absolute atomic E-state index is 12.6. The molecule has 2 rings (SSSR count). The van der Waals surface area contributed by atoms with Gasteiger partial charge in [-0.25, -0.2) is 8.42 Å². The fourth-order valence-corrected chi connectivity index (χ4v) is 3.80. The maximum atomic E-state index is 12.6. The van der Waals surface area contributed by atoms with E-state index in [1.807, 2.05) is 26.0 Å². The van der Waals surface area contributed by atoms with E-state index in [-0.39, 0.29) is 0 Å². The molecule has 0 N–H and O–H groups in total. The Morgan fingerprint density at radius 2 is 1.68 bits per heavy atom. The lowest BCUT2D eigenvalue weighted by atomic mass is 10.1. The van der Waals surface area contributed by atoms with Crippen molar-refractivity contribution < 1.29 is 8.42 Å². The van der Waals surface area contributed by atoms with Crippen LogP contribution in [0.15, 0.2) is 56.7 Å². The van der Waals surface area contributed by atoms with Crippen LogP contribution in [-0.4, -0.2) is 8.42 Å². The Kier molecular flexibility index (Phi) is 4.11. The highest BCUT2D eigenvalue weighted by Crippen LogP contribution is 2.26. The summed E-state index contributed by atoms with van der Waals surface area (Å²) >= 11 is 3.31. The molecule has 0 bridgehead atoms. The highest BCUT2D eigenvalue weighted by atomic mass is 79.9. The van der Waals surface area contributed by atoms with Crippen molar-refractivity contribution in [3.05, 3.63) is 58.1 Å². The van der Waals surface area contributed by atoms with E-state index < -0.39 is 9.84 Å². The third-order valence-electron chi connectivity index (χ3n) is 3.01. The molecule has 19 heavy (non-hydrogen) atoms. The number of rotatable bonds is 3. The molecule has 0 saturated carbocycles. The van der Waals surface area contributed by atoms with Gasteiger partial charge in [-0.3, -0.25) is 0 Å². The van der Waals surface area contributed by atoms with Crippen LogP contribution in [0.5, 0.6) is 0 Å². The topological polar surface area (TPSA) is 34.1 Å². The Labute approximate surface area is 122 Å². The summed E-state index contributed by atoms with van der Waals surface area (Å²) in [5.41, 5.74) is 1.94. The molecule has 0 fully saturated rings. The van der Waals surface area contributed by atoms with Crippen molar-refractivity contribution in [1.82, 2.24) is 0 Å². The van der Waals surface area contributed by atoms with Gasteiger partial charge in [-0.1, -0.05) is 40.5 Å². The zero-order chi connectivity index (χ0) is 14.0. The maximum Gasteiger partial charge on any atom is 0.206 e. The standard InChI is InChI=1S/C15H15BrO2S/c1-3-12-10-11(2)4-9-15(12)19(17,18)14-7-5-13(16)6-8-14/h4-10H,3H2,1-2H3. The van der Waals surface area contributed by atoms with Gasteiger partial charge in [-0.05, 0) is 49.2 Å². The van der Waals surface area contributed by atoms with E-state index in [1.165, 1.54) is 0 Å². The number of hydrogen-bond donors (Lipinski definition) is 0. The van der Waals surface area contributed by atoms with Gasteiger partial charge in [0.1, 0.15) is 0 Å². The molecule has 0 aliphatic carbocycles. The molecule has 0 saturated heterocycles. The third kappa shape index (κ3) is 2.90. The van der Waals surface area contributed by atoms with Crippen molar-refractivity contribution in [2.24, 2.45) is 0 Å². The van der Waals surface area contributed by atoms with Crippen LogP contribution >= 0.6 is 15.9 Å². The zero-order valence-electron chi connectivity index (χ0n) is 10.9. The molecule has 100 valence electrons. The summed E-state index contributed by atoms with van der Waals surface area (Å²) in [6, 6.07) is 12.2. The molecule has 0 aromatic heterocycles. The first kappa shape index (κ1) is 14.3. The first-order valence-electron chi connectivity index (χ1n) is 6.05. The van der Waals surface area contributed by atoms with Crippen molar-refractivity contribution in [3.8, 4) is 0 Å². The molecule has 0 aliphatic heterocycles. The van der Waals surface area contributed by atoms with E-state index >= 15 is 0 Å². The van der Waals surface area contributed by atoms with E-state index in [1.54, 1.807) is 30.3 Å². The average molecular weight is 339 g/mol. The zero-order valence-corrected chi connectivity index (χ0v) is 13.3. The van der Waals surface area contributed by atoms with Gasteiger partial charge in [0, 0.05) is 4.47 Å². The van der Waals surface area contributed by atoms with Crippen molar-refractivity contribution in [3.63, 3.8) is 0 Å². The summed E-state index contributed by atoms with van der Waals surface area (Å²) in [5.74, 6) is 0. The van der Waals surface area contributed by atoms with Crippen LogP contribution in [0.25, 0.3) is 0 Å². The molecule has 0 heterocycles. The lowest BCUT2D eigenvalue weighted by molar-refractivity contribution is 0.595. The predicted molar refractivity (Wildman–Crippen MR) is 80.2 cm³/mol. The fourth-order valence-electron chi connectivity index (χ4n) is 1.99. The minimum absolute atomic E-state index is 0.328. The van der Waals surface area contributed by atoms with Crippen LogP contribution in [-0.2, 0) is 16.3 Å². The van der Waals surface area contributed by atoms with Crippen LogP contribution in [0.2, 0.25) is 0 Å². The predicted octanol–water partition coefficient (Wildman–Crippen LogP) is 4.15. The molecule has 4 heteroatoms. The van der Waals surface area contributed by atoms with E-state index in [0.29, 0.717) is 16.2 Å². The minimum Gasteiger partial charge on any atom is -0.219 e. The van der Waals surface area contributed by atoms with Gasteiger partial charge >= 0.3 is 0 Å². The van der Waals surface area contributed by atoms with E-state index in [2.05, 4.69) is 15.9 Å². The summed E-state index contributed by atoms with van der Waals surface area (Å²) in [6.07, 6.45) is 0.701. The summed E-state index contributed by atoms with van der Waals surface area (Å²) in [4.78, 5) is 0.733. The first-order chi connectivity index (χ1) is 8.95. The van der Waals surface area contributed by atoms with Crippen LogP contribution in [0, 0.1) is 6.92 Å². The fraction of sp³-hybridized carbons (Fsp3) is 0.200. The molecule has 2 aromatic carbocycles. The van der Waals surface area contributed by atoms with Crippen molar-refractivity contribution in [2.45, 2.75) is 30.1 Å². The Hall–Kier alpha value is -1.13. The summed E-state index contributed by atoms with van der Waals surface area (Å²) in [7, 11) is -3.44. The molecule has 0 spiro atoms. The third-order valence-corrected chi connectivity index (χ3v) is 5.41. The van der Waals surface area contributed by atoms with Crippen LogP contribution in [0.3, 0.4) is 0 Å². The number of sulfone groups is 1. The largest absolute Gasteiger partial charge is 0.219 e. The van der Waals surface area contributed by atoms with Gasteiger partial charge in [-0.15, -0.1) is 0 Å². The molecular weight excluding hydrogens is 324 g/mol. The Balaban J connectivity index is 2.59. The van der Waals surface area contributed by atoms with Crippen molar-refractivity contribution in [2.75, 3.05) is 0 Å². The normalized spacial score (nSPS) is 11.5. The minimum atomic E-state index is -3.44. The molecule has 0 atom stereocenters.